The first-order valence-electron chi connectivity index (χ1n) is 11.6. The van der Waals surface area contributed by atoms with Gasteiger partial charge in [0.1, 0.15) is 11.5 Å². The van der Waals surface area contributed by atoms with E-state index in [-0.39, 0.29) is 17.1 Å². The maximum absolute atomic E-state index is 13.0. The Labute approximate surface area is 198 Å². The van der Waals surface area contributed by atoms with Crippen molar-refractivity contribution >= 4 is 10.9 Å². The van der Waals surface area contributed by atoms with Crippen molar-refractivity contribution < 1.29 is 9.15 Å². The van der Waals surface area contributed by atoms with Gasteiger partial charge in [0, 0.05) is 23.0 Å². The SMILES string of the molecule is CC[C@@H](c1nnnn1C(C)(C)CC)N(Cc1ccco1)Cc1cc2cc(OC)ccc2[nH]c1=O. The lowest BCUT2D eigenvalue weighted by atomic mass is 10.0. The van der Waals surface area contributed by atoms with Crippen LogP contribution in [-0.4, -0.2) is 37.2 Å². The molecule has 0 fully saturated rings. The summed E-state index contributed by atoms with van der Waals surface area (Å²) in [5.74, 6) is 2.33. The minimum absolute atomic E-state index is 0.119. The zero-order chi connectivity index (χ0) is 24.3. The fraction of sp³-hybridized carbons (Fsp3) is 0.440. The first-order valence-corrected chi connectivity index (χ1v) is 11.6. The fourth-order valence-corrected chi connectivity index (χ4v) is 4.16. The van der Waals surface area contributed by atoms with Crippen molar-refractivity contribution in [1.82, 2.24) is 30.1 Å². The highest BCUT2D eigenvalue weighted by atomic mass is 16.5. The molecule has 4 aromatic rings. The molecule has 0 aliphatic heterocycles. The first kappa shape index (κ1) is 23.7. The molecule has 1 aromatic carbocycles. The van der Waals surface area contributed by atoms with E-state index in [2.05, 4.69) is 53.1 Å². The third kappa shape index (κ3) is 4.75. The van der Waals surface area contributed by atoms with Gasteiger partial charge in [0.2, 0.25) is 0 Å². The zero-order valence-corrected chi connectivity index (χ0v) is 20.4. The molecule has 9 nitrogen and oxygen atoms in total. The molecule has 0 bridgehead atoms. The summed E-state index contributed by atoms with van der Waals surface area (Å²) >= 11 is 0. The molecule has 0 saturated heterocycles. The van der Waals surface area contributed by atoms with Gasteiger partial charge in [-0.25, -0.2) is 4.68 Å². The molecule has 0 saturated carbocycles. The summed E-state index contributed by atoms with van der Waals surface area (Å²) in [6.45, 7) is 9.39. The van der Waals surface area contributed by atoms with Crippen LogP contribution in [0.15, 0.2) is 51.9 Å². The molecule has 180 valence electrons. The molecule has 0 aliphatic rings. The minimum atomic E-state index is -0.237. The quantitative estimate of drug-likeness (QED) is 0.371. The standard InChI is InChI=1S/C25H32N6O3/c1-6-22(23-27-28-29-31(23)25(3,4)7-2)30(16-20-9-8-12-34-20)15-18-13-17-14-19(33-5)10-11-21(17)26-24(18)32/h8-14,22H,6-7,15-16H2,1-5H3,(H,26,32)/t22-/m0/s1. The predicted molar refractivity (Wildman–Crippen MR) is 130 cm³/mol. The molecule has 0 amide bonds. The highest BCUT2D eigenvalue weighted by Crippen LogP contribution is 2.30. The number of aromatic amines is 1. The number of pyridine rings is 1. The van der Waals surface area contributed by atoms with E-state index in [1.165, 1.54) is 0 Å². The van der Waals surface area contributed by atoms with Crippen molar-refractivity contribution in [3.63, 3.8) is 0 Å². The van der Waals surface area contributed by atoms with Gasteiger partial charge in [0.25, 0.3) is 5.56 Å². The largest absolute Gasteiger partial charge is 0.497 e. The lowest BCUT2D eigenvalue weighted by Gasteiger charge is -2.32. The van der Waals surface area contributed by atoms with Gasteiger partial charge in [0.05, 0.1) is 31.5 Å². The van der Waals surface area contributed by atoms with Gasteiger partial charge in [-0.3, -0.25) is 9.69 Å². The van der Waals surface area contributed by atoms with Crippen molar-refractivity contribution in [2.75, 3.05) is 7.11 Å². The normalized spacial score (nSPS) is 13.0. The van der Waals surface area contributed by atoms with E-state index in [1.54, 1.807) is 13.4 Å². The van der Waals surface area contributed by atoms with Gasteiger partial charge >= 0.3 is 0 Å². The van der Waals surface area contributed by atoms with Crippen molar-refractivity contribution in [2.45, 2.75) is 65.2 Å². The average Bonchev–Trinajstić information content (AvgIpc) is 3.52. The summed E-state index contributed by atoms with van der Waals surface area (Å²) in [5.41, 5.74) is 1.07. The summed E-state index contributed by atoms with van der Waals surface area (Å²) in [7, 11) is 1.63. The maximum Gasteiger partial charge on any atom is 0.252 e. The van der Waals surface area contributed by atoms with Crippen LogP contribution in [0.25, 0.3) is 10.9 Å². The maximum atomic E-state index is 13.0. The number of aromatic nitrogens is 5. The molecular formula is C25H32N6O3. The highest BCUT2D eigenvalue weighted by molar-refractivity contribution is 5.80. The van der Waals surface area contributed by atoms with E-state index in [0.717, 1.165) is 41.1 Å². The van der Waals surface area contributed by atoms with Crippen LogP contribution in [0.3, 0.4) is 0 Å². The average molecular weight is 465 g/mol. The van der Waals surface area contributed by atoms with Crippen LogP contribution in [-0.2, 0) is 18.6 Å². The number of methoxy groups -OCH3 is 1. The van der Waals surface area contributed by atoms with Gasteiger partial charge in [-0.05, 0) is 73.5 Å². The second-order valence-corrected chi connectivity index (χ2v) is 9.10. The van der Waals surface area contributed by atoms with Crippen molar-refractivity contribution in [3.8, 4) is 5.75 Å². The Morgan fingerprint density at radius 3 is 2.71 bits per heavy atom. The summed E-state index contributed by atoms with van der Waals surface area (Å²) in [6, 6.07) is 11.2. The lowest BCUT2D eigenvalue weighted by molar-refractivity contribution is 0.140. The van der Waals surface area contributed by atoms with Crippen molar-refractivity contribution in [2.24, 2.45) is 0 Å². The van der Waals surface area contributed by atoms with E-state index in [0.29, 0.717) is 18.7 Å². The van der Waals surface area contributed by atoms with Crippen LogP contribution in [0.1, 0.15) is 63.7 Å². The molecule has 0 unspecified atom stereocenters. The number of fused-ring (bicyclic) bond motifs is 1. The summed E-state index contributed by atoms with van der Waals surface area (Å²) in [5, 5.41) is 13.6. The van der Waals surface area contributed by atoms with E-state index < -0.39 is 0 Å². The molecule has 0 radical (unpaired) electrons. The molecule has 1 atom stereocenters. The van der Waals surface area contributed by atoms with Crippen LogP contribution in [0, 0.1) is 0 Å². The molecule has 0 aliphatic carbocycles. The fourth-order valence-electron chi connectivity index (χ4n) is 4.16. The Bertz CT molecular complexity index is 1290. The summed E-state index contributed by atoms with van der Waals surface area (Å²) in [4.78, 5) is 18.2. The van der Waals surface area contributed by atoms with Crippen LogP contribution in [0.5, 0.6) is 5.75 Å². The molecule has 0 spiro atoms. The van der Waals surface area contributed by atoms with E-state index >= 15 is 0 Å². The molecule has 3 aromatic heterocycles. The Hall–Kier alpha value is -3.46. The van der Waals surface area contributed by atoms with E-state index in [9.17, 15) is 4.79 Å². The molecule has 34 heavy (non-hydrogen) atoms. The molecular weight excluding hydrogens is 432 g/mol. The third-order valence-electron chi connectivity index (χ3n) is 6.50. The number of rotatable bonds is 10. The number of benzene rings is 1. The number of hydrogen-bond donors (Lipinski definition) is 1. The van der Waals surface area contributed by atoms with Gasteiger partial charge < -0.3 is 14.1 Å². The summed E-state index contributed by atoms with van der Waals surface area (Å²) in [6.07, 6.45) is 3.31. The number of tetrazole rings is 1. The van der Waals surface area contributed by atoms with Crippen LogP contribution in [0.2, 0.25) is 0 Å². The topological polar surface area (TPSA) is 102 Å². The number of ether oxygens (including phenoxy) is 1. The van der Waals surface area contributed by atoms with Gasteiger partial charge in [-0.2, -0.15) is 0 Å². The van der Waals surface area contributed by atoms with Crippen LogP contribution in [0.4, 0.5) is 0 Å². The Morgan fingerprint density at radius 1 is 1.21 bits per heavy atom. The second kappa shape index (κ2) is 9.80. The minimum Gasteiger partial charge on any atom is -0.497 e. The molecule has 1 N–H and O–H groups in total. The second-order valence-electron chi connectivity index (χ2n) is 9.10. The van der Waals surface area contributed by atoms with Gasteiger partial charge in [-0.1, -0.05) is 13.8 Å². The predicted octanol–water partition coefficient (Wildman–Crippen LogP) is 4.41. The molecule has 9 heteroatoms. The summed E-state index contributed by atoms with van der Waals surface area (Å²) < 4.78 is 12.9. The number of furan rings is 1. The Morgan fingerprint density at radius 2 is 2.03 bits per heavy atom. The van der Waals surface area contributed by atoms with Crippen molar-refractivity contribution in [1.29, 1.82) is 0 Å². The van der Waals surface area contributed by atoms with Gasteiger partial charge in [-0.15, -0.1) is 5.10 Å². The van der Waals surface area contributed by atoms with E-state index in [1.807, 2.05) is 41.1 Å². The van der Waals surface area contributed by atoms with Gasteiger partial charge in [0.15, 0.2) is 5.82 Å². The number of nitrogens with zero attached hydrogens (tertiary/aromatic N) is 5. The van der Waals surface area contributed by atoms with E-state index in [4.69, 9.17) is 9.15 Å². The first-order chi connectivity index (χ1) is 16.4. The molecule has 4 rings (SSSR count). The highest BCUT2D eigenvalue weighted by Gasteiger charge is 2.31. The third-order valence-corrected chi connectivity index (χ3v) is 6.50. The Kier molecular flexibility index (Phi) is 6.83. The number of nitrogens with one attached hydrogen (secondary N) is 1. The smallest absolute Gasteiger partial charge is 0.252 e. The zero-order valence-electron chi connectivity index (χ0n) is 20.4. The lowest BCUT2D eigenvalue weighted by Crippen LogP contribution is -2.36. The number of H-pyrrole nitrogens is 1. The Balaban J connectivity index is 1.76. The van der Waals surface area contributed by atoms with Crippen molar-refractivity contribution in [3.05, 3.63) is 70.2 Å². The monoisotopic (exact) mass is 464 g/mol. The van der Waals surface area contributed by atoms with Crippen LogP contribution >= 0.6 is 0 Å². The number of hydrogen-bond acceptors (Lipinski definition) is 7. The van der Waals surface area contributed by atoms with Crippen LogP contribution < -0.4 is 10.3 Å². The molecule has 3 heterocycles.